The largest absolute Gasteiger partial charge is 0.395 e. The van der Waals surface area contributed by atoms with Gasteiger partial charge in [-0.1, -0.05) is 36.4 Å². The molecule has 0 amide bonds. The number of rotatable bonds is 20. The van der Waals surface area contributed by atoms with Gasteiger partial charge in [0, 0.05) is 35.8 Å². The Bertz CT molecular complexity index is 3060. The quantitative estimate of drug-likeness (QED) is 0.0386. The Morgan fingerprint density at radius 2 is 0.727 bits per heavy atom. The molecule has 0 spiro atoms. The maximum absolute atomic E-state index is 12.6. The van der Waals surface area contributed by atoms with Gasteiger partial charge in [-0.3, -0.25) is 18.2 Å². The number of aliphatic hydroxyl groups excluding tert-OH is 2. The van der Waals surface area contributed by atoms with Gasteiger partial charge in [-0.25, -0.2) is 0 Å². The molecule has 4 aromatic carbocycles. The molecule has 12 N–H and O–H groups in total. The lowest BCUT2D eigenvalue weighted by Crippen LogP contribution is -2.12. The third-order valence-corrected chi connectivity index (χ3v) is 11.9. The molecule has 0 aliphatic carbocycles. The van der Waals surface area contributed by atoms with E-state index in [1.54, 1.807) is 0 Å². The molecule has 6 rings (SSSR count). The third kappa shape index (κ3) is 13.3. The molecular formula is C36H36N12O14S4. The zero-order valence-corrected chi connectivity index (χ0v) is 36.6. The Morgan fingerprint density at radius 1 is 0.409 bits per heavy atom. The Labute approximate surface area is 375 Å². The van der Waals surface area contributed by atoms with Crippen LogP contribution in [-0.4, -0.2) is 118 Å². The summed E-state index contributed by atoms with van der Waals surface area (Å²) in [4.78, 5) is 22.9. The van der Waals surface area contributed by atoms with Crippen molar-refractivity contribution < 1.29 is 62.1 Å². The molecule has 0 saturated heterocycles. The van der Waals surface area contributed by atoms with Crippen LogP contribution in [0.3, 0.4) is 0 Å². The van der Waals surface area contributed by atoms with Crippen LogP contribution in [0.4, 0.5) is 58.4 Å². The standard InChI is InChI=1S/C36H36N12O14S4/c49-15-13-37-31-43-33(39-23-3-1-5-27(17-23)63(51,52)53)47-35(45-31)41-25-11-9-21(29(19-25)65(57,58)59)7-8-22-10-12-26(20-30(22)66(60,61)62)42-36-46-32(38-14-16-50)44-34(48-36)40-24-4-2-6-28(18-24)64(54,55)56/h1-12,17-20,49-50H,13-16H2,(H,51,52,53)(H,54,55,56)(H,57,58,59)(H,60,61,62)(H3,37,39,41,43,45,47)(H3,38,40,42,44,46,48). The lowest BCUT2D eigenvalue weighted by Gasteiger charge is -2.13. The minimum atomic E-state index is -4.98. The van der Waals surface area contributed by atoms with Crippen molar-refractivity contribution in [3.05, 3.63) is 96.1 Å². The summed E-state index contributed by atoms with van der Waals surface area (Å²) >= 11 is 0. The first-order valence-corrected chi connectivity index (χ1v) is 24.2. The minimum absolute atomic E-state index is 0.00238. The average molecular weight is 989 g/mol. The Balaban J connectivity index is 1.28. The van der Waals surface area contributed by atoms with Gasteiger partial charge in [-0.2, -0.15) is 63.6 Å². The van der Waals surface area contributed by atoms with Crippen LogP contribution in [0.5, 0.6) is 0 Å². The second kappa shape index (κ2) is 20.0. The topological polar surface area (TPSA) is 407 Å². The van der Waals surface area contributed by atoms with Crippen LogP contribution >= 0.6 is 0 Å². The lowest BCUT2D eigenvalue weighted by atomic mass is 10.1. The van der Waals surface area contributed by atoms with Crippen molar-refractivity contribution in [1.29, 1.82) is 0 Å². The van der Waals surface area contributed by atoms with Gasteiger partial charge in [0.25, 0.3) is 40.5 Å². The number of aromatic nitrogens is 6. The van der Waals surface area contributed by atoms with Crippen LogP contribution in [0, 0.1) is 0 Å². The van der Waals surface area contributed by atoms with Gasteiger partial charge in [0.15, 0.2) is 0 Å². The van der Waals surface area contributed by atoms with E-state index in [2.05, 4.69) is 61.8 Å². The van der Waals surface area contributed by atoms with E-state index < -0.39 is 60.1 Å². The number of hydrogen-bond acceptors (Lipinski definition) is 22. The summed E-state index contributed by atoms with van der Waals surface area (Å²) in [6, 6.07) is 17.3. The fraction of sp³-hybridized carbons (Fsp3) is 0.111. The van der Waals surface area contributed by atoms with Crippen LogP contribution in [0.25, 0.3) is 12.2 Å². The highest BCUT2D eigenvalue weighted by atomic mass is 32.2. The van der Waals surface area contributed by atoms with E-state index in [1.807, 2.05) is 0 Å². The molecule has 30 heteroatoms. The van der Waals surface area contributed by atoms with Crippen molar-refractivity contribution in [1.82, 2.24) is 29.9 Å². The normalized spacial score (nSPS) is 12.2. The number of anilines is 10. The summed E-state index contributed by atoms with van der Waals surface area (Å²) in [6.07, 6.45) is 2.29. The molecule has 26 nitrogen and oxygen atoms in total. The first kappa shape index (κ1) is 48.5. The molecule has 0 radical (unpaired) electrons. The Kier molecular flexibility index (Phi) is 14.7. The highest BCUT2D eigenvalue weighted by Crippen LogP contribution is 2.29. The second-order valence-electron chi connectivity index (χ2n) is 13.2. The van der Waals surface area contributed by atoms with Gasteiger partial charge in [0.2, 0.25) is 35.7 Å². The van der Waals surface area contributed by atoms with E-state index in [9.17, 15) is 62.1 Å². The molecule has 6 aromatic rings. The number of nitrogens with one attached hydrogen (secondary N) is 6. The van der Waals surface area contributed by atoms with Crippen molar-refractivity contribution in [3.63, 3.8) is 0 Å². The number of benzene rings is 4. The molecule has 0 fully saturated rings. The number of aliphatic hydroxyl groups is 2. The SMILES string of the molecule is O=S(=O)(O)c1cccc(Nc2nc(NCCO)nc(Nc3ccc(C=Cc4ccc(Nc5nc(NCCO)nc(Nc6cccc(S(=O)(=O)O)c6)n5)cc4S(=O)(=O)O)c(S(=O)(=O)O)c3)n2)c1. The van der Waals surface area contributed by atoms with Crippen molar-refractivity contribution in [2.75, 3.05) is 58.2 Å². The minimum Gasteiger partial charge on any atom is -0.395 e. The Hall–Kier alpha value is -7.00. The summed E-state index contributed by atoms with van der Waals surface area (Å²) in [5, 5.41) is 35.1. The third-order valence-electron chi connectivity index (χ3n) is 8.37. The number of nitrogens with zero attached hydrogens (tertiary/aromatic N) is 6. The fourth-order valence-corrected chi connectivity index (χ4v) is 8.05. The van der Waals surface area contributed by atoms with Gasteiger partial charge >= 0.3 is 0 Å². The van der Waals surface area contributed by atoms with E-state index in [4.69, 9.17) is 0 Å². The lowest BCUT2D eigenvalue weighted by molar-refractivity contribution is 0.310. The maximum atomic E-state index is 12.6. The molecule has 0 saturated carbocycles. The predicted octanol–water partition coefficient (Wildman–Crippen LogP) is 3.00. The first-order valence-electron chi connectivity index (χ1n) is 18.4. The van der Waals surface area contributed by atoms with Crippen LogP contribution < -0.4 is 31.9 Å². The second-order valence-corrected chi connectivity index (χ2v) is 18.8. The van der Waals surface area contributed by atoms with Crippen LogP contribution in [0.2, 0.25) is 0 Å². The van der Waals surface area contributed by atoms with Gasteiger partial charge < -0.3 is 42.1 Å². The van der Waals surface area contributed by atoms with Gasteiger partial charge in [0.1, 0.15) is 9.79 Å². The highest BCUT2D eigenvalue weighted by Gasteiger charge is 2.20. The molecule has 0 aliphatic heterocycles. The molecule has 0 unspecified atom stereocenters. The zero-order chi connectivity index (χ0) is 47.9. The summed E-state index contributed by atoms with van der Waals surface area (Å²) in [5.41, 5.74) is -0.00857. The smallest absolute Gasteiger partial charge is 0.295 e. The van der Waals surface area contributed by atoms with Crippen molar-refractivity contribution in [2.24, 2.45) is 0 Å². The van der Waals surface area contributed by atoms with Gasteiger partial charge in [0.05, 0.1) is 23.0 Å². The molecule has 2 heterocycles. The fourth-order valence-electron chi connectivity index (χ4n) is 5.58. The van der Waals surface area contributed by atoms with E-state index >= 15 is 0 Å². The first-order chi connectivity index (χ1) is 31.1. The summed E-state index contributed by atoms with van der Waals surface area (Å²) in [7, 11) is -19.1. The van der Waals surface area contributed by atoms with Crippen molar-refractivity contribution in [3.8, 4) is 0 Å². The summed E-state index contributed by atoms with van der Waals surface area (Å²) in [6.45, 7) is -0.641. The van der Waals surface area contributed by atoms with E-state index in [1.165, 1.54) is 48.5 Å². The van der Waals surface area contributed by atoms with Crippen LogP contribution in [-0.2, 0) is 40.5 Å². The molecule has 348 valence electrons. The zero-order valence-electron chi connectivity index (χ0n) is 33.3. The van der Waals surface area contributed by atoms with Crippen molar-refractivity contribution in [2.45, 2.75) is 19.6 Å². The van der Waals surface area contributed by atoms with Crippen molar-refractivity contribution >= 4 is 111 Å². The molecule has 0 atom stereocenters. The predicted molar refractivity (Wildman–Crippen MR) is 238 cm³/mol. The van der Waals surface area contributed by atoms with E-state index in [0.29, 0.717) is 0 Å². The van der Waals surface area contributed by atoms with Gasteiger partial charge in [-0.15, -0.1) is 0 Å². The molecule has 66 heavy (non-hydrogen) atoms. The monoisotopic (exact) mass is 988 g/mol. The van der Waals surface area contributed by atoms with E-state index in [0.717, 1.165) is 48.6 Å². The van der Waals surface area contributed by atoms with Crippen LogP contribution in [0.1, 0.15) is 11.1 Å². The summed E-state index contributed by atoms with van der Waals surface area (Å²) < 4.78 is 136. The molecular weight excluding hydrogens is 953 g/mol. The Morgan fingerprint density at radius 3 is 1.03 bits per heavy atom. The summed E-state index contributed by atoms with van der Waals surface area (Å²) in [5.74, 6) is -0.911. The van der Waals surface area contributed by atoms with Gasteiger partial charge in [-0.05, 0) is 71.8 Å². The maximum Gasteiger partial charge on any atom is 0.295 e. The van der Waals surface area contributed by atoms with Crippen LogP contribution in [0.15, 0.2) is 105 Å². The average Bonchev–Trinajstić information content (AvgIpc) is 3.23. The molecule has 0 bridgehead atoms. The highest BCUT2D eigenvalue weighted by molar-refractivity contribution is 7.86. The number of hydrogen-bond donors (Lipinski definition) is 12. The molecule has 0 aliphatic rings. The van der Waals surface area contributed by atoms with E-state index in [-0.39, 0.29) is 95.9 Å². The molecule has 2 aromatic heterocycles.